The van der Waals surface area contributed by atoms with Gasteiger partial charge in [0.25, 0.3) is 0 Å². The molecule has 6 heteroatoms. The van der Waals surface area contributed by atoms with Crippen LogP contribution in [0.3, 0.4) is 0 Å². The molecule has 2 aromatic rings. The van der Waals surface area contributed by atoms with Crippen LogP contribution in [-0.4, -0.2) is 35.2 Å². The fraction of sp³-hybridized carbons (Fsp3) is 0.440. The first-order valence-corrected chi connectivity index (χ1v) is 10.9. The lowest BCUT2D eigenvalue weighted by molar-refractivity contribution is 0.0696. The summed E-state index contributed by atoms with van der Waals surface area (Å²) in [5.41, 5.74) is 1.16. The second kappa shape index (κ2) is 10.8. The zero-order valence-corrected chi connectivity index (χ0v) is 17.9. The quantitative estimate of drug-likeness (QED) is 0.369. The SMILES string of the molecule is Cc1c(OCCCCOc2cccc(C(=O)O)c2)ccc(C(=O)CC2CCCC2)c1O. The van der Waals surface area contributed by atoms with Gasteiger partial charge in [-0.1, -0.05) is 31.7 Å². The molecule has 0 atom stereocenters. The number of unbranched alkanes of at least 4 members (excludes halogenated alkanes) is 1. The molecule has 0 bridgehead atoms. The monoisotopic (exact) mass is 426 g/mol. The molecule has 1 aliphatic carbocycles. The fourth-order valence-corrected chi connectivity index (χ4v) is 3.94. The van der Waals surface area contributed by atoms with Crippen LogP contribution in [0.5, 0.6) is 17.2 Å². The van der Waals surface area contributed by atoms with Crippen molar-refractivity contribution in [3.63, 3.8) is 0 Å². The van der Waals surface area contributed by atoms with Crippen LogP contribution in [0.4, 0.5) is 0 Å². The number of rotatable bonds is 11. The predicted octanol–water partition coefficient (Wildman–Crippen LogP) is 5.40. The lowest BCUT2D eigenvalue weighted by Crippen LogP contribution is -2.08. The van der Waals surface area contributed by atoms with E-state index in [1.54, 1.807) is 31.2 Å². The maximum atomic E-state index is 12.5. The molecule has 0 heterocycles. The molecule has 0 radical (unpaired) electrons. The van der Waals surface area contributed by atoms with Gasteiger partial charge in [0.2, 0.25) is 0 Å². The average Bonchev–Trinajstić information content (AvgIpc) is 3.26. The van der Waals surface area contributed by atoms with Crippen molar-refractivity contribution in [2.24, 2.45) is 5.92 Å². The van der Waals surface area contributed by atoms with E-state index < -0.39 is 5.97 Å². The first kappa shape index (κ1) is 22.7. The van der Waals surface area contributed by atoms with Gasteiger partial charge in [0.1, 0.15) is 17.2 Å². The first-order valence-electron chi connectivity index (χ1n) is 10.9. The van der Waals surface area contributed by atoms with Gasteiger partial charge >= 0.3 is 5.97 Å². The van der Waals surface area contributed by atoms with Crippen LogP contribution in [0, 0.1) is 12.8 Å². The van der Waals surface area contributed by atoms with E-state index in [9.17, 15) is 14.7 Å². The molecule has 166 valence electrons. The van der Waals surface area contributed by atoms with Crippen LogP contribution in [0.2, 0.25) is 0 Å². The number of carboxylic acids is 1. The number of carbonyl (C=O) groups is 2. The lowest BCUT2D eigenvalue weighted by Gasteiger charge is -2.14. The van der Waals surface area contributed by atoms with Gasteiger partial charge in [0.15, 0.2) is 5.78 Å². The van der Waals surface area contributed by atoms with E-state index in [4.69, 9.17) is 14.6 Å². The maximum absolute atomic E-state index is 12.5. The number of carboxylic acid groups (broad SMARTS) is 1. The molecule has 2 aromatic carbocycles. The Morgan fingerprint density at radius 1 is 1.03 bits per heavy atom. The number of ketones is 1. The Morgan fingerprint density at radius 3 is 2.45 bits per heavy atom. The van der Waals surface area contributed by atoms with E-state index in [0.717, 1.165) is 25.7 Å². The molecule has 1 fully saturated rings. The summed E-state index contributed by atoms with van der Waals surface area (Å²) < 4.78 is 11.4. The lowest BCUT2D eigenvalue weighted by atomic mass is 9.95. The number of aromatic hydroxyl groups is 1. The summed E-state index contributed by atoms with van der Waals surface area (Å²) in [5, 5.41) is 19.5. The van der Waals surface area contributed by atoms with Crippen molar-refractivity contribution in [3.8, 4) is 17.2 Å². The fourth-order valence-electron chi connectivity index (χ4n) is 3.94. The molecule has 1 aliphatic rings. The number of ether oxygens (including phenoxy) is 2. The summed E-state index contributed by atoms with van der Waals surface area (Å²) >= 11 is 0. The highest BCUT2D eigenvalue weighted by Crippen LogP contribution is 2.34. The smallest absolute Gasteiger partial charge is 0.335 e. The molecule has 0 amide bonds. The number of carbonyl (C=O) groups excluding carboxylic acids is 1. The van der Waals surface area contributed by atoms with Crippen LogP contribution < -0.4 is 9.47 Å². The molecule has 0 aromatic heterocycles. The third-order valence-corrected chi connectivity index (χ3v) is 5.78. The van der Waals surface area contributed by atoms with Crippen molar-refractivity contribution in [2.45, 2.75) is 51.9 Å². The van der Waals surface area contributed by atoms with Gasteiger partial charge < -0.3 is 19.7 Å². The van der Waals surface area contributed by atoms with Gasteiger partial charge in [0.05, 0.1) is 24.3 Å². The average molecular weight is 427 g/mol. The van der Waals surface area contributed by atoms with Gasteiger partial charge in [0, 0.05) is 12.0 Å². The summed E-state index contributed by atoms with van der Waals surface area (Å²) in [6.07, 6.45) is 6.55. The van der Waals surface area contributed by atoms with E-state index in [0.29, 0.717) is 48.2 Å². The van der Waals surface area contributed by atoms with E-state index in [1.165, 1.54) is 25.0 Å². The van der Waals surface area contributed by atoms with Gasteiger partial charge in [-0.15, -0.1) is 0 Å². The molecule has 31 heavy (non-hydrogen) atoms. The highest BCUT2D eigenvalue weighted by molar-refractivity contribution is 5.99. The highest BCUT2D eigenvalue weighted by atomic mass is 16.5. The zero-order chi connectivity index (χ0) is 22.2. The molecule has 1 saturated carbocycles. The predicted molar refractivity (Wildman–Crippen MR) is 117 cm³/mol. The minimum atomic E-state index is -0.983. The van der Waals surface area contributed by atoms with Crippen LogP contribution >= 0.6 is 0 Å². The molecule has 0 saturated heterocycles. The van der Waals surface area contributed by atoms with E-state index >= 15 is 0 Å². The third kappa shape index (κ3) is 6.23. The Labute approximate surface area is 182 Å². The standard InChI is InChI=1S/C25H30O6/c1-17-23(12-11-21(24(17)27)22(26)15-18-7-2-3-8-18)31-14-5-4-13-30-20-10-6-9-19(16-20)25(28)29/h6,9-12,16,18,27H,2-5,7-8,13-15H2,1H3,(H,28,29). The van der Waals surface area contributed by atoms with Crippen LogP contribution in [-0.2, 0) is 0 Å². The van der Waals surface area contributed by atoms with Crippen molar-refractivity contribution in [3.05, 3.63) is 53.1 Å². The Bertz CT molecular complexity index is 914. The number of phenols is 1. The summed E-state index contributed by atoms with van der Waals surface area (Å²) in [4.78, 5) is 23.5. The third-order valence-electron chi connectivity index (χ3n) is 5.78. The maximum Gasteiger partial charge on any atom is 0.335 e. The molecular formula is C25H30O6. The number of phenolic OH excluding ortho intramolecular Hbond substituents is 1. The Hall–Kier alpha value is -3.02. The van der Waals surface area contributed by atoms with Crippen molar-refractivity contribution in [2.75, 3.05) is 13.2 Å². The highest BCUT2D eigenvalue weighted by Gasteiger charge is 2.22. The van der Waals surface area contributed by atoms with Gasteiger partial charge in [-0.25, -0.2) is 4.79 Å². The molecule has 0 spiro atoms. The van der Waals surface area contributed by atoms with Crippen LogP contribution in [0.15, 0.2) is 36.4 Å². The topological polar surface area (TPSA) is 93.1 Å². The number of Topliss-reactive ketones (excluding diaryl/α,β-unsaturated/α-hetero) is 1. The van der Waals surface area contributed by atoms with Gasteiger partial charge in [-0.3, -0.25) is 4.79 Å². The summed E-state index contributed by atoms with van der Waals surface area (Å²) in [6.45, 7) is 2.66. The van der Waals surface area contributed by atoms with E-state index in [1.807, 2.05) is 0 Å². The molecule has 2 N–H and O–H groups in total. The number of benzene rings is 2. The number of hydrogen-bond donors (Lipinski definition) is 2. The summed E-state index contributed by atoms with van der Waals surface area (Å²) in [5.74, 6) is 0.579. The van der Waals surface area contributed by atoms with E-state index in [-0.39, 0.29) is 17.1 Å². The van der Waals surface area contributed by atoms with Gasteiger partial charge in [-0.2, -0.15) is 0 Å². The van der Waals surface area contributed by atoms with Crippen molar-refractivity contribution >= 4 is 11.8 Å². The molecule has 0 unspecified atom stereocenters. The van der Waals surface area contributed by atoms with Crippen molar-refractivity contribution < 1.29 is 29.3 Å². The van der Waals surface area contributed by atoms with Crippen molar-refractivity contribution in [1.29, 1.82) is 0 Å². The molecule has 3 rings (SSSR count). The van der Waals surface area contributed by atoms with Crippen LogP contribution in [0.25, 0.3) is 0 Å². The molecule has 6 nitrogen and oxygen atoms in total. The number of hydrogen-bond acceptors (Lipinski definition) is 5. The molecule has 0 aliphatic heterocycles. The van der Waals surface area contributed by atoms with Gasteiger partial charge in [-0.05, 0) is 56.0 Å². The van der Waals surface area contributed by atoms with E-state index in [2.05, 4.69) is 0 Å². The Kier molecular flexibility index (Phi) is 7.93. The minimum absolute atomic E-state index is 0.00293. The molecular weight excluding hydrogens is 396 g/mol. The summed E-state index contributed by atoms with van der Waals surface area (Å²) in [6, 6.07) is 9.82. The zero-order valence-electron chi connectivity index (χ0n) is 17.9. The Morgan fingerprint density at radius 2 is 1.74 bits per heavy atom. The van der Waals surface area contributed by atoms with Crippen LogP contribution in [0.1, 0.15) is 71.2 Å². The Balaban J connectivity index is 1.43. The second-order valence-electron chi connectivity index (χ2n) is 8.10. The normalized spacial score (nSPS) is 13.8. The van der Waals surface area contributed by atoms with Crippen molar-refractivity contribution in [1.82, 2.24) is 0 Å². The second-order valence-corrected chi connectivity index (χ2v) is 8.10. The minimum Gasteiger partial charge on any atom is -0.507 e. The first-order chi connectivity index (χ1) is 15.0. The summed E-state index contributed by atoms with van der Waals surface area (Å²) in [7, 11) is 0. The number of aromatic carboxylic acids is 1. The largest absolute Gasteiger partial charge is 0.507 e.